The van der Waals surface area contributed by atoms with Crippen LogP contribution < -0.4 is 5.32 Å². The number of nitrogens with one attached hydrogen (secondary N) is 1. The summed E-state index contributed by atoms with van der Waals surface area (Å²) < 4.78 is 16.1. The van der Waals surface area contributed by atoms with Crippen molar-refractivity contribution < 1.29 is 9.18 Å². The van der Waals surface area contributed by atoms with Crippen LogP contribution >= 0.6 is 11.3 Å². The van der Waals surface area contributed by atoms with E-state index in [4.69, 9.17) is 0 Å². The number of halogens is 1. The first-order valence-corrected chi connectivity index (χ1v) is 10.9. The van der Waals surface area contributed by atoms with Crippen molar-refractivity contribution in [2.45, 2.75) is 0 Å². The first-order valence-electron chi connectivity index (χ1n) is 10.0. The van der Waals surface area contributed by atoms with Crippen LogP contribution in [-0.2, 0) is 0 Å². The number of para-hydroxylation sites is 1. The molecule has 0 saturated heterocycles. The number of hydrogen-bond acceptors (Lipinski definition) is 3. The maximum atomic E-state index is 14.2. The molecule has 0 atom stereocenters. The van der Waals surface area contributed by atoms with E-state index in [1.165, 1.54) is 17.4 Å². The monoisotopic (exact) mass is 439 g/mol. The third kappa shape index (κ3) is 3.96. The summed E-state index contributed by atoms with van der Waals surface area (Å²) in [5, 5.41) is 5.46. The number of amides is 1. The predicted molar refractivity (Wildman–Crippen MR) is 127 cm³/mol. The second-order valence-electron chi connectivity index (χ2n) is 7.15. The molecule has 2 heterocycles. The summed E-state index contributed by atoms with van der Waals surface area (Å²) in [6, 6.07) is 25.4. The van der Waals surface area contributed by atoms with Crippen LogP contribution in [0.15, 0.2) is 103 Å². The van der Waals surface area contributed by atoms with Gasteiger partial charge in [0.1, 0.15) is 10.8 Å². The molecule has 0 bridgehead atoms. The van der Waals surface area contributed by atoms with Crippen LogP contribution in [0.25, 0.3) is 27.5 Å². The summed E-state index contributed by atoms with van der Waals surface area (Å²) in [6.45, 7) is 0. The van der Waals surface area contributed by atoms with E-state index in [9.17, 15) is 9.18 Å². The Labute approximate surface area is 188 Å². The van der Waals surface area contributed by atoms with Crippen LogP contribution in [0, 0.1) is 5.82 Å². The summed E-state index contributed by atoms with van der Waals surface area (Å²) in [5.41, 5.74) is 4.12. The molecule has 0 aliphatic rings. The van der Waals surface area contributed by atoms with Gasteiger partial charge < -0.3 is 9.88 Å². The number of carbonyl (C=O) groups excluding carboxylic acids is 1. The second kappa shape index (κ2) is 8.61. The molecule has 0 fully saturated rings. The first kappa shape index (κ1) is 19.9. The maximum Gasteiger partial charge on any atom is 0.255 e. The molecular formula is C26H18FN3OS. The SMILES string of the molecule is O=C(Nc1ccccc1-c1csc(-c2ccccc2F)n1)c1ccc(-n2cccc2)cc1. The number of carbonyl (C=O) groups is 1. The molecule has 4 nitrogen and oxygen atoms in total. The number of rotatable bonds is 5. The molecule has 1 N–H and O–H groups in total. The lowest BCUT2D eigenvalue weighted by Crippen LogP contribution is -2.12. The quantitative estimate of drug-likeness (QED) is 0.333. The standard InChI is InChI=1S/C26H18FN3OS/c27-22-9-3-1-7-20(22)26-29-24(17-32-26)21-8-2-4-10-23(21)28-25(31)18-11-13-19(14-12-18)30-15-5-6-16-30/h1-17H,(H,28,31). The Morgan fingerprint density at radius 1 is 0.844 bits per heavy atom. The highest BCUT2D eigenvalue weighted by atomic mass is 32.1. The van der Waals surface area contributed by atoms with Gasteiger partial charge in [0.2, 0.25) is 0 Å². The lowest BCUT2D eigenvalue weighted by atomic mass is 10.1. The van der Waals surface area contributed by atoms with Crippen LogP contribution in [0.3, 0.4) is 0 Å². The van der Waals surface area contributed by atoms with Gasteiger partial charge in [-0.2, -0.15) is 0 Å². The van der Waals surface area contributed by atoms with Crippen LogP contribution in [0.5, 0.6) is 0 Å². The fraction of sp³-hybridized carbons (Fsp3) is 0. The Morgan fingerprint density at radius 2 is 1.53 bits per heavy atom. The lowest BCUT2D eigenvalue weighted by molar-refractivity contribution is 0.102. The molecule has 0 aliphatic heterocycles. The molecule has 5 aromatic rings. The zero-order valence-electron chi connectivity index (χ0n) is 16.9. The average Bonchev–Trinajstić information content (AvgIpc) is 3.53. The number of aromatic nitrogens is 2. The van der Waals surface area contributed by atoms with Crippen LogP contribution in [0.2, 0.25) is 0 Å². The normalized spacial score (nSPS) is 10.8. The van der Waals surface area contributed by atoms with Gasteiger partial charge in [0, 0.05) is 40.2 Å². The summed E-state index contributed by atoms with van der Waals surface area (Å²) >= 11 is 1.37. The van der Waals surface area contributed by atoms with E-state index >= 15 is 0 Å². The zero-order chi connectivity index (χ0) is 21.9. The Hall–Kier alpha value is -4.03. The molecule has 0 unspecified atom stereocenters. The Morgan fingerprint density at radius 3 is 2.28 bits per heavy atom. The highest BCUT2D eigenvalue weighted by Gasteiger charge is 2.14. The summed E-state index contributed by atoms with van der Waals surface area (Å²) in [5.74, 6) is -0.514. The molecule has 0 saturated carbocycles. The molecule has 156 valence electrons. The van der Waals surface area contributed by atoms with Gasteiger partial charge >= 0.3 is 0 Å². The third-order valence-corrected chi connectivity index (χ3v) is 5.97. The molecule has 0 radical (unpaired) electrons. The van der Waals surface area contributed by atoms with Gasteiger partial charge in [0.25, 0.3) is 5.91 Å². The van der Waals surface area contributed by atoms with Crippen LogP contribution in [-0.4, -0.2) is 15.5 Å². The molecular weight excluding hydrogens is 421 g/mol. The largest absolute Gasteiger partial charge is 0.324 e. The molecule has 3 aromatic carbocycles. The van der Waals surface area contributed by atoms with Gasteiger partial charge in [-0.3, -0.25) is 4.79 Å². The Balaban J connectivity index is 1.40. The van der Waals surface area contributed by atoms with E-state index in [0.29, 0.717) is 27.5 Å². The fourth-order valence-electron chi connectivity index (χ4n) is 3.46. The first-order chi connectivity index (χ1) is 15.7. The molecule has 0 spiro atoms. The summed E-state index contributed by atoms with van der Waals surface area (Å²) in [7, 11) is 0. The molecule has 32 heavy (non-hydrogen) atoms. The van der Waals surface area contributed by atoms with Gasteiger partial charge in [-0.15, -0.1) is 11.3 Å². The van der Waals surface area contributed by atoms with E-state index in [1.54, 1.807) is 30.3 Å². The van der Waals surface area contributed by atoms with Crippen molar-refractivity contribution in [3.8, 4) is 27.5 Å². The van der Waals surface area contributed by atoms with Crippen LogP contribution in [0.4, 0.5) is 10.1 Å². The Kier molecular flexibility index (Phi) is 5.35. The average molecular weight is 440 g/mol. The minimum absolute atomic E-state index is 0.207. The number of hydrogen-bond donors (Lipinski definition) is 1. The minimum atomic E-state index is -0.307. The molecule has 6 heteroatoms. The van der Waals surface area contributed by atoms with E-state index in [2.05, 4.69) is 10.3 Å². The van der Waals surface area contributed by atoms with E-state index in [-0.39, 0.29) is 11.7 Å². The number of anilines is 1. The number of benzene rings is 3. The topological polar surface area (TPSA) is 46.9 Å². The molecule has 5 rings (SSSR count). The van der Waals surface area contributed by atoms with Gasteiger partial charge in [-0.05, 0) is 54.6 Å². The Bertz CT molecular complexity index is 1370. The highest BCUT2D eigenvalue weighted by Crippen LogP contribution is 2.33. The van der Waals surface area contributed by atoms with Gasteiger partial charge in [-0.25, -0.2) is 9.37 Å². The number of nitrogens with zero attached hydrogens (tertiary/aromatic N) is 2. The van der Waals surface area contributed by atoms with Crippen molar-refractivity contribution in [1.82, 2.24) is 9.55 Å². The smallest absolute Gasteiger partial charge is 0.255 e. The van der Waals surface area contributed by atoms with Crippen molar-refractivity contribution in [2.75, 3.05) is 5.32 Å². The van der Waals surface area contributed by atoms with Crippen molar-refractivity contribution in [2.24, 2.45) is 0 Å². The lowest BCUT2D eigenvalue weighted by Gasteiger charge is -2.10. The van der Waals surface area contributed by atoms with E-state index in [1.807, 2.05) is 70.9 Å². The van der Waals surface area contributed by atoms with Gasteiger partial charge in [0.15, 0.2) is 0 Å². The minimum Gasteiger partial charge on any atom is -0.324 e. The van der Waals surface area contributed by atoms with Gasteiger partial charge in [-0.1, -0.05) is 30.3 Å². The zero-order valence-corrected chi connectivity index (χ0v) is 17.7. The van der Waals surface area contributed by atoms with E-state index in [0.717, 1.165) is 11.3 Å². The van der Waals surface area contributed by atoms with Crippen molar-refractivity contribution in [3.63, 3.8) is 0 Å². The highest BCUT2D eigenvalue weighted by molar-refractivity contribution is 7.13. The third-order valence-electron chi connectivity index (χ3n) is 5.09. The van der Waals surface area contributed by atoms with Crippen molar-refractivity contribution in [1.29, 1.82) is 0 Å². The van der Waals surface area contributed by atoms with E-state index < -0.39 is 0 Å². The fourth-order valence-corrected chi connectivity index (χ4v) is 4.30. The predicted octanol–water partition coefficient (Wildman–Crippen LogP) is 6.66. The second-order valence-corrected chi connectivity index (χ2v) is 8.01. The van der Waals surface area contributed by atoms with Crippen molar-refractivity contribution >= 4 is 22.9 Å². The molecule has 0 aliphatic carbocycles. The number of thiazole rings is 1. The van der Waals surface area contributed by atoms with Crippen molar-refractivity contribution in [3.05, 3.63) is 114 Å². The molecule has 1 amide bonds. The summed E-state index contributed by atoms with van der Waals surface area (Å²) in [6.07, 6.45) is 3.91. The van der Waals surface area contributed by atoms with Gasteiger partial charge in [0.05, 0.1) is 11.4 Å². The summed E-state index contributed by atoms with van der Waals surface area (Å²) in [4.78, 5) is 17.5. The maximum absolute atomic E-state index is 14.2. The van der Waals surface area contributed by atoms with Crippen LogP contribution in [0.1, 0.15) is 10.4 Å². The molecule has 2 aromatic heterocycles.